The number of carbonyl (C=O) groups is 1. The van der Waals surface area contributed by atoms with E-state index in [0.717, 1.165) is 4.47 Å². The highest BCUT2D eigenvalue weighted by Crippen LogP contribution is 2.24. The van der Waals surface area contributed by atoms with Gasteiger partial charge >= 0.3 is 0 Å². The van der Waals surface area contributed by atoms with Crippen molar-refractivity contribution in [3.05, 3.63) is 63.6 Å². The van der Waals surface area contributed by atoms with Gasteiger partial charge in [0, 0.05) is 15.1 Å². The van der Waals surface area contributed by atoms with Gasteiger partial charge in [0.25, 0.3) is 5.91 Å². The minimum absolute atomic E-state index is 0.0423. The summed E-state index contributed by atoms with van der Waals surface area (Å²) in [6.07, 6.45) is 0. The Hall–Kier alpha value is -0.790. The molecule has 4 nitrogen and oxygen atoms in total. The van der Waals surface area contributed by atoms with E-state index in [-0.39, 0.29) is 10.5 Å². The number of hydrogen-bond donors (Lipinski definition) is 1. The molecule has 24 heavy (non-hydrogen) atoms. The van der Waals surface area contributed by atoms with Gasteiger partial charge in [-0.05, 0) is 48.5 Å². The van der Waals surface area contributed by atoms with Crippen LogP contribution < -0.4 is 5.32 Å². The molecule has 128 valence electrons. The van der Waals surface area contributed by atoms with Crippen LogP contribution in [0.4, 0.5) is 0 Å². The fourth-order valence-electron chi connectivity index (χ4n) is 1.86. The van der Waals surface area contributed by atoms with E-state index >= 15 is 0 Å². The van der Waals surface area contributed by atoms with E-state index in [1.807, 2.05) is 0 Å². The molecule has 9 heteroatoms. The maximum Gasteiger partial charge on any atom is 0.252 e. The number of carbonyl (C=O) groups excluding carboxylic acids is 1. The first-order valence-corrected chi connectivity index (χ1v) is 10.1. The van der Waals surface area contributed by atoms with E-state index in [4.69, 9.17) is 34.8 Å². The highest BCUT2D eigenvalue weighted by Gasteiger charge is 2.34. The standard InChI is InChI=1S/C15H11BrCl3NO3S/c16-10-3-1-9(2-4-10)14(21)20-15(13(18)19)24(22,23)12-7-5-11(17)6-8-12/h1-8,13,15H,(H,20,21)/t15-/m0/s1. The van der Waals surface area contributed by atoms with Crippen LogP contribution in [0.3, 0.4) is 0 Å². The van der Waals surface area contributed by atoms with E-state index in [0.29, 0.717) is 5.02 Å². The zero-order valence-electron chi connectivity index (χ0n) is 11.9. The Labute approximate surface area is 163 Å². The second-order valence-corrected chi connectivity index (χ2v) is 9.32. The third kappa shape index (κ3) is 4.64. The van der Waals surface area contributed by atoms with Crippen molar-refractivity contribution >= 4 is 66.5 Å². The van der Waals surface area contributed by atoms with Crippen molar-refractivity contribution in [3.8, 4) is 0 Å². The van der Waals surface area contributed by atoms with E-state index < -0.39 is 26.0 Å². The smallest absolute Gasteiger partial charge is 0.252 e. The van der Waals surface area contributed by atoms with Crippen LogP contribution in [0.15, 0.2) is 57.9 Å². The summed E-state index contributed by atoms with van der Waals surface area (Å²) in [6.45, 7) is 0. The highest BCUT2D eigenvalue weighted by atomic mass is 79.9. The van der Waals surface area contributed by atoms with Gasteiger partial charge in [0.15, 0.2) is 5.37 Å². The lowest BCUT2D eigenvalue weighted by atomic mass is 10.2. The van der Waals surface area contributed by atoms with E-state index in [9.17, 15) is 13.2 Å². The molecule has 0 aliphatic carbocycles. The summed E-state index contributed by atoms with van der Waals surface area (Å²) in [6, 6.07) is 11.9. The molecular formula is C15H11BrCl3NO3S. The van der Waals surface area contributed by atoms with Crippen LogP contribution in [0.25, 0.3) is 0 Å². The number of alkyl halides is 2. The number of hydrogen-bond acceptors (Lipinski definition) is 3. The van der Waals surface area contributed by atoms with Crippen molar-refractivity contribution in [1.82, 2.24) is 5.32 Å². The second-order valence-electron chi connectivity index (χ2n) is 4.73. The second kappa shape index (κ2) is 8.06. The number of halogens is 4. The Balaban J connectivity index is 2.30. The van der Waals surface area contributed by atoms with E-state index in [2.05, 4.69) is 21.2 Å². The minimum atomic E-state index is -3.99. The van der Waals surface area contributed by atoms with Crippen molar-refractivity contribution in [2.75, 3.05) is 0 Å². The minimum Gasteiger partial charge on any atom is -0.333 e. The van der Waals surface area contributed by atoms with E-state index in [1.165, 1.54) is 24.3 Å². The van der Waals surface area contributed by atoms with Gasteiger partial charge in [-0.1, -0.05) is 27.5 Å². The summed E-state index contributed by atoms with van der Waals surface area (Å²) >= 11 is 20.6. The fourth-order valence-corrected chi connectivity index (χ4v) is 4.53. The Bertz CT molecular complexity index is 824. The number of benzene rings is 2. The molecule has 2 aromatic rings. The number of rotatable bonds is 5. The largest absolute Gasteiger partial charge is 0.333 e. The molecule has 1 amide bonds. The van der Waals surface area contributed by atoms with Crippen molar-refractivity contribution in [2.24, 2.45) is 0 Å². The van der Waals surface area contributed by atoms with Crippen LogP contribution in [-0.4, -0.2) is 24.5 Å². The van der Waals surface area contributed by atoms with Gasteiger partial charge in [-0.15, -0.1) is 23.2 Å². The molecule has 0 bridgehead atoms. The first-order chi connectivity index (χ1) is 11.2. The molecule has 0 radical (unpaired) electrons. The molecule has 0 aliphatic rings. The number of amides is 1. The van der Waals surface area contributed by atoms with Gasteiger partial charge in [0.05, 0.1) is 4.90 Å². The monoisotopic (exact) mass is 469 g/mol. The number of nitrogens with one attached hydrogen (secondary N) is 1. The third-order valence-corrected chi connectivity index (χ3v) is 6.66. The molecular weight excluding hydrogens is 460 g/mol. The van der Waals surface area contributed by atoms with Gasteiger partial charge in [0.2, 0.25) is 9.84 Å². The summed E-state index contributed by atoms with van der Waals surface area (Å²) < 4.78 is 26.1. The Morgan fingerprint density at radius 2 is 1.54 bits per heavy atom. The predicted molar refractivity (Wildman–Crippen MR) is 99.5 cm³/mol. The quantitative estimate of drug-likeness (QED) is 0.656. The first-order valence-electron chi connectivity index (χ1n) is 6.56. The van der Waals surface area contributed by atoms with E-state index in [1.54, 1.807) is 24.3 Å². The SMILES string of the molecule is O=C(N[C@H](C(Cl)Cl)S(=O)(=O)c1ccc(Cl)cc1)c1ccc(Br)cc1. The maximum atomic E-state index is 12.7. The summed E-state index contributed by atoms with van der Waals surface area (Å²) in [5, 5.41) is 1.25. The molecule has 0 heterocycles. The van der Waals surface area contributed by atoms with Gasteiger partial charge < -0.3 is 5.32 Å². The van der Waals surface area contributed by atoms with Crippen LogP contribution in [0.5, 0.6) is 0 Å². The highest BCUT2D eigenvalue weighted by molar-refractivity contribution is 9.10. The maximum absolute atomic E-state index is 12.7. The molecule has 1 N–H and O–H groups in total. The lowest BCUT2D eigenvalue weighted by Crippen LogP contribution is -2.45. The topological polar surface area (TPSA) is 63.2 Å². The van der Waals surface area contributed by atoms with Crippen molar-refractivity contribution < 1.29 is 13.2 Å². The molecule has 0 aromatic heterocycles. The molecule has 1 atom stereocenters. The zero-order chi connectivity index (χ0) is 17.9. The van der Waals surface area contributed by atoms with Crippen LogP contribution in [-0.2, 0) is 9.84 Å². The predicted octanol–water partition coefficient (Wildman–Crippen LogP) is 4.44. The Kier molecular flexibility index (Phi) is 6.56. The van der Waals surface area contributed by atoms with Crippen molar-refractivity contribution in [1.29, 1.82) is 0 Å². The van der Waals surface area contributed by atoms with Crippen molar-refractivity contribution in [3.63, 3.8) is 0 Å². The molecule has 0 saturated carbocycles. The summed E-state index contributed by atoms with van der Waals surface area (Å²) in [4.78, 5) is 10.9. The lowest BCUT2D eigenvalue weighted by Gasteiger charge is -2.20. The zero-order valence-corrected chi connectivity index (χ0v) is 16.6. The average Bonchev–Trinajstić information content (AvgIpc) is 2.53. The molecule has 0 spiro atoms. The summed E-state index contributed by atoms with van der Waals surface area (Å²) in [5.41, 5.74) is 0.281. The Morgan fingerprint density at radius 1 is 1.00 bits per heavy atom. The van der Waals surface area contributed by atoms with Crippen LogP contribution in [0.1, 0.15) is 10.4 Å². The summed E-state index contributed by atoms with van der Waals surface area (Å²) in [7, 11) is -3.99. The molecule has 0 saturated heterocycles. The Morgan fingerprint density at radius 3 is 2.04 bits per heavy atom. The van der Waals surface area contributed by atoms with Crippen LogP contribution in [0, 0.1) is 0 Å². The average molecular weight is 472 g/mol. The molecule has 0 unspecified atom stereocenters. The van der Waals surface area contributed by atoms with Crippen LogP contribution in [0.2, 0.25) is 5.02 Å². The fraction of sp³-hybridized carbons (Fsp3) is 0.133. The van der Waals surface area contributed by atoms with Crippen LogP contribution >= 0.6 is 50.7 Å². The van der Waals surface area contributed by atoms with Crippen molar-refractivity contribution in [2.45, 2.75) is 15.1 Å². The third-order valence-electron chi connectivity index (χ3n) is 3.09. The number of sulfone groups is 1. The van der Waals surface area contributed by atoms with Gasteiger partial charge in [-0.25, -0.2) is 8.42 Å². The molecule has 2 rings (SSSR count). The van der Waals surface area contributed by atoms with Gasteiger partial charge in [0.1, 0.15) is 4.84 Å². The summed E-state index contributed by atoms with van der Waals surface area (Å²) in [5.74, 6) is -0.601. The van der Waals surface area contributed by atoms with Gasteiger partial charge in [-0.3, -0.25) is 4.79 Å². The molecule has 0 aliphatic heterocycles. The molecule has 2 aromatic carbocycles. The normalized spacial score (nSPS) is 12.9. The lowest BCUT2D eigenvalue weighted by molar-refractivity contribution is 0.0949. The van der Waals surface area contributed by atoms with Gasteiger partial charge in [-0.2, -0.15) is 0 Å². The first kappa shape index (κ1) is 19.5. The molecule has 0 fully saturated rings.